The molecule has 0 spiro atoms. The van der Waals surface area contributed by atoms with Gasteiger partial charge >= 0.3 is 6.36 Å². The van der Waals surface area contributed by atoms with Crippen LogP contribution in [0.4, 0.5) is 13.2 Å². The van der Waals surface area contributed by atoms with Gasteiger partial charge in [0.1, 0.15) is 5.75 Å². The van der Waals surface area contributed by atoms with Crippen molar-refractivity contribution in [3.8, 4) is 5.75 Å². The number of hydrogen-bond donors (Lipinski definition) is 1. The molecule has 3 unspecified atom stereocenters. The van der Waals surface area contributed by atoms with Crippen molar-refractivity contribution in [3.05, 3.63) is 29.8 Å². The van der Waals surface area contributed by atoms with E-state index in [2.05, 4.69) is 21.9 Å². The van der Waals surface area contributed by atoms with Crippen LogP contribution in [-0.2, 0) is 4.79 Å². The van der Waals surface area contributed by atoms with Gasteiger partial charge in [0.15, 0.2) is 0 Å². The molecule has 166 valence electrons. The quantitative estimate of drug-likeness (QED) is 0.693. The third-order valence-corrected chi connectivity index (χ3v) is 6.28. The highest BCUT2D eigenvalue weighted by Gasteiger charge is 2.55. The number of piperidine rings is 1. The number of hydrogen-bond acceptors (Lipinski definition) is 4. The smallest absolute Gasteiger partial charge is 0.406 e. The molecule has 3 rings (SSSR count). The van der Waals surface area contributed by atoms with Crippen molar-refractivity contribution < 1.29 is 27.5 Å². The van der Waals surface area contributed by atoms with Crippen molar-refractivity contribution in [1.29, 1.82) is 0 Å². The molecule has 1 saturated carbocycles. The predicted molar refractivity (Wildman–Crippen MR) is 105 cm³/mol. The van der Waals surface area contributed by atoms with E-state index in [4.69, 9.17) is 0 Å². The lowest BCUT2D eigenvalue weighted by Gasteiger charge is -2.27. The van der Waals surface area contributed by atoms with E-state index in [1.54, 1.807) is 4.90 Å². The van der Waals surface area contributed by atoms with Crippen LogP contribution < -0.4 is 10.1 Å². The zero-order valence-electron chi connectivity index (χ0n) is 17.4. The van der Waals surface area contributed by atoms with Gasteiger partial charge in [0.05, 0.1) is 6.54 Å². The minimum atomic E-state index is -4.79. The number of carbonyl (C=O) groups excluding carboxylic acids is 2. The Kier molecular flexibility index (Phi) is 6.59. The number of ether oxygens (including phenoxy) is 1. The zero-order valence-corrected chi connectivity index (χ0v) is 17.4. The first-order chi connectivity index (χ1) is 14.1. The lowest BCUT2D eigenvalue weighted by molar-refractivity contribution is -0.274. The monoisotopic (exact) mass is 427 g/mol. The fourth-order valence-electron chi connectivity index (χ4n) is 4.14. The maximum absolute atomic E-state index is 12.3. The number of alkyl halides is 3. The molecule has 1 aliphatic carbocycles. The number of likely N-dealkylation sites (tertiary alicyclic amines) is 1. The van der Waals surface area contributed by atoms with Crippen LogP contribution in [0.15, 0.2) is 24.3 Å². The van der Waals surface area contributed by atoms with Crippen molar-refractivity contribution in [2.75, 3.05) is 33.2 Å². The van der Waals surface area contributed by atoms with Gasteiger partial charge in [-0.1, -0.05) is 13.0 Å². The minimum absolute atomic E-state index is 0.122. The Hall–Kier alpha value is -2.29. The summed E-state index contributed by atoms with van der Waals surface area (Å²) in [7, 11) is 1.83. The average molecular weight is 427 g/mol. The van der Waals surface area contributed by atoms with Gasteiger partial charge in [0.25, 0.3) is 5.91 Å². The molecule has 9 heteroatoms. The van der Waals surface area contributed by atoms with Gasteiger partial charge in [0, 0.05) is 38.3 Å². The third-order valence-electron chi connectivity index (χ3n) is 6.28. The Morgan fingerprint density at radius 2 is 1.97 bits per heavy atom. The first kappa shape index (κ1) is 22.4. The van der Waals surface area contributed by atoms with Gasteiger partial charge in [-0.25, -0.2) is 0 Å². The highest BCUT2D eigenvalue weighted by Crippen LogP contribution is 2.51. The molecule has 1 aromatic rings. The summed E-state index contributed by atoms with van der Waals surface area (Å²) in [5.41, 5.74) is 0.128. The fraction of sp³-hybridized carbons (Fsp3) is 0.619. The van der Waals surface area contributed by atoms with Crippen LogP contribution in [0.3, 0.4) is 0 Å². The summed E-state index contributed by atoms with van der Waals surface area (Å²) in [4.78, 5) is 28.6. The van der Waals surface area contributed by atoms with E-state index in [0.717, 1.165) is 31.6 Å². The van der Waals surface area contributed by atoms with Crippen LogP contribution in [0.1, 0.15) is 30.6 Å². The second-order valence-electron chi connectivity index (χ2n) is 8.23. The number of likely N-dealkylation sites (N-methyl/N-ethyl adjacent to an activating group) is 1. The number of nitrogens with zero attached hydrogens (tertiary/aromatic N) is 2. The van der Waals surface area contributed by atoms with Crippen molar-refractivity contribution in [2.24, 2.45) is 17.8 Å². The molecular weight excluding hydrogens is 399 g/mol. The topological polar surface area (TPSA) is 61.9 Å². The highest BCUT2D eigenvalue weighted by atomic mass is 19.4. The number of nitrogens with one attached hydrogen (secondary N) is 1. The van der Waals surface area contributed by atoms with Crippen molar-refractivity contribution in [1.82, 2.24) is 15.1 Å². The molecule has 1 aromatic carbocycles. The van der Waals surface area contributed by atoms with Gasteiger partial charge in [0.2, 0.25) is 5.91 Å². The molecule has 0 aromatic heterocycles. The zero-order chi connectivity index (χ0) is 22.1. The first-order valence-corrected chi connectivity index (χ1v) is 10.2. The van der Waals surface area contributed by atoms with Crippen LogP contribution >= 0.6 is 0 Å². The highest BCUT2D eigenvalue weighted by molar-refractivity contribution is 5.94. The van der Waals surface area contributed by atoms with Gasteiger partial charge in [-0.05, 0) is 49.3 Å². The molecule has 2 amide bonds. The van der Waals surface area contributed by atoms with Crippen molar-refractivity contribution in [3.63, 3.8) is 0 Å². The predicted octanol–water partition coefficient (Wildman–Crippen LogP) is 2.75. The Morgan fingerprint density at radius 1 is 1.30 bits per heavy atom. The molecule has 30 heavy (non-hydrogen) atoms. The summed E-state index contributed by atoms with van der Waals surface area (Å²) in [6.07, 6.45) is -3.88. The second kappa shape index (κ2) is 8.83. The first-order valence-electron chi connectivity index (χ1n) is 10.2. The molecule has 1 saturated heterocycles. The molecule has 1 N–H and O–H groups in total. The third kappa shape index (κ3) is 5.44. The molecule has 2 aliphatic rings. The van der Waals surface area contributed by atoms with Crippen LogP contribution in [0.25, 0.3) is 0 Å². The summed E-state index contributed by atoms with van der Waals surface area (Å²) in [5.74, 6) is 0.536. The molecular formula is C21H28F3N3O3. The van der Waals surface area contributed by atoms with Crippen LogP contribution in [0.2, 0.25) is 0 Å². The Bertz CT molecular complexity index is 774. The van der Waals surface area contributed by atoms with Crippen LogP contribution in [-0.4, -0.2) is 67.2 Å². The minimum Gasteiger partial charge on any atom is -0.406 e. The van der Waals surface area contributed by atoms with E-state index in [9.17, 15) is 22.8 Å². The van der Waals surface area contributed by atoms with Crippen molar-refractivity contribution in [2.45, 2.75) is 32.7 Å². The largest absolute Gasteiger partial charge is 0.573 e. The standard InChI is InChI=1S/C21H28F3N3O3/c1-4-13(2)26(3)19(28)12-27-10-17-16(18(17)11-27)9-25-20(29)14-6-5-7-15(8-14)30-21(22,23)24/h5-8,13,16-18H,4,9-12H2,1-3H3,(H,25,29). The molecule has 2 fully saturated rings. The summed E-state index contributed by atoms with van der Waals surface area (Å²) >= 11 is 0. The average Bonchev–Trinajstić information content (AvgIpc) is 3.14. The normalized spacial score (nSPS) is 24.1. The maximum atomic E-state index is 12.3. The number of rotatable bonds is 8. The van der Waals surface area contributed by atoms with E-state index < -0.39 is 18.0 Å². The number of halogens is 3. The second-order valence-corrected chi connectivity index (χ2v) is 8.23. The Labute approximate surface area is 174 Å². The number of benzene rings is 1. The van der Waals surface area contributed by atoms with Gasteiger partial charge in [-0.15, -0.1) is 13.2 Å². The van der Waals surface area contributed by atoms with E-state index in [1.807, 2.05) is 14.0 Å². The molecule has 1 heterocycles. The summed E-state index contributed by atoms with van der Waals surface area (Å²) in [5, 5.41) is 2.81. The maximum Gasteiger partial charge on any atom is 0.573 e. The van der Waals surface area contributed by atoms with E-state index in [1.165, 1.54) is 12.1 Å². The molecule has 0 radical (unpaired) electrons. The van der Waals surface area contributed by atoms with Crippen molar-refractivity contribution >= 4 is 11.8 Å². The van der Waals surface area contributed by atoms with Crippen LogP contribution in [0, 0.1) is 17.8 Å². The molecule has 0 bridgehead atoms. The van der Waals surface area contributed by atoms with E-state index in [-0.39, 0.29) is 17.5 Å². The molecule has 3 atom stereocenters. The Morgan fingerprint density at radius 3 is 2.57 bits per heavy atom. The number of amides is 2. The van der Waals surface area contributed by atoms with Gasteiger partial charge in [-0.3, -0.25) is 14.5 Å². The summed E-state index contributed by atoms with van der Waals surface area (Å²) in [6, 6.07) is 5.26. The number of carbonyl (C=O) groups is 2. The van der Waals surface area contributed by atoms with Crippen LogP contribution in [0.5, 0.6) is 5.75 Å². The Balaban J connectivity index is 1.42. The summed E-state index contributed by atoms with van der Waals surface area (Å²) in [6.45, 7) is 6.65. The van der Waals surface area contributed by atoms with E-state index in [0.29, 0.717) is 30.8 Å². The van der Waals surface area contributed by atoms with E-state index >= 15 is 0 Å². The fourth-order valence-corrected chi connectivity index (χ4v) is 4.14. The SMILES string of the molecule is CCC(C)N(C)C(=O)CN1CC2C(CNC(=O)c3cccc(OC(F)(F)F)c3)C2C1. The van der Waals surface area contributed by atoms with Gasteiger partial charge in [-0.2, -0.15) is 0 Å². The van der Waals surface area contributed by atoms with Gasteiger partial charge < -0.3 is 15.0 Å². The molecule has 1 aliphatic heterocycles. The molecule has 6 nitrogen and oxygen atoms in total. The lowest BCUT2D eigenvalue weighted by atomic mass is 10.2. The lowest BCUT2D eigenvalue weighted by Crippen LogP contribution is -2.42. The summed E-state index contributed by atoms with van der Waals surface area (Å²) < 4.78 is 40.8. The number of fused-ring (bicyclic) bond motifs is 1.